The van der Waals surface area contributed by atoms with Crippen molar-refractivity contribution < 1.29 is 19.1 Å². The van der Waals surface area contributed by atoms with Gasteiger partial charge in [-0.1, -0.05) is 56.0 Å². The topological polar surface area (TPSA) is 84.5 Å². The summed E-state index contributed by atoms with van der Waals surface area (Å²) in [5, 5.41) is 5.41. The number of carbonyl (C=O) groups excluding carboxylic acids is 3. The molecule has 0 bridgehead atoms. The molecule has 0 spiro atoms. The highest BCUT2D eigenvalue weighted by Crippen LogP contribution is 2.17. The molecule has 1 aromatic rings. The van der Waals surface area contributed by atoms with Crippen LogP contribution in [-0.2, 0) is 19.1 Å². The van der Waals surface area contributed by atoms with Crippen LogP contribution in [0.2, 0.25) is 0 Å². The van der Waals surface area contributed by atoms with Gasteiger partial charge in [0.25, 0.3) is 5.91 Å². The Hall–Kier alpha value is -2.63. The first kappa shape index (κ1) is 20.7. The molecule has 0 heterocycles. The third-order valence-electron chi connectivity index (χ3n) is 4.51. The van der Waals surface area contributed by atoms with Gasteiger partial charge in [0.2, 0.25) is 5.91 Å². The minimum Gasteiger partial charge on any atom is -0.451 e. The maximum atomic E-state index is 12.2. The molecule has 0 saturated heterocycles. The van der Waals surface area contributed by atoms with Crippen LogP contribution in [0.1, 0.15) is 51.0 Å². The smallest absolute Gasteiger partial charge is 0.326 e. The summed E-state index contributed by atoms with van der Waals surface area (Å²) in [4.78, 5) is 35.8. The molecular weight excluding hydrogens is 344 g/mol. The first-order valence-corrected chi connectivity index (χ1v) is 9.55. The second-order valence-electron chi connectivity index (χ2n) is 6.79. The molecule has 0 radical (unpaired) electrons. The summed E-state index contributed by atoms with van der Waals surface area (Å²) >= 11 is 0. The van der Waals surface area contributed by atoms with Crippen molar-refractivity contribution in [2.75, 3.05) is 6.54 Å². The predicted octanol–water partition coefficient (Wildman–Crippen LogP) is 2.59. The van der Waals surface area contributed by atoms with Gasteiger partial charge in [-0.05, 0) is 31.4 Å². The number of esters is 1. The molecule has 0 aromatic heterocycles. The fourth-order valence-corrected chi connectivity index (χ4v) is 2.99. The summed E-state index contributed by atoms with van der Waals surface area (Å²) in [6.45, 7) is 1.26. The Morgan fingerprint density at radius 1 is 1.11 bits per heavy atom. The van der Waals surface area contributed by atoms with E-state index in [2.05, 4.69) is 10.6 Å². The lowest BCUT2D eigenvalue weighted by molar-refractivity contribution is -0.154. The molecule has 1 aliphatic carbocycles. The highest BCUT2D eigenvalue weighted by atomic mass is 16.5. The number of ether oxygens (including phenoxy) is 1. The average Bonchev–Trinajstić information content (AvgIpc) is 2.94. The predicted molar refractivity (Wildman–Crippen MR) is 104 cm³/mol. The molecule has 0 unspecified atom stereocenters. The zero-order valence-corrected chi connectivity index (χ0v) is 15.8. The summed E-state index contributed by atoms with van der Waals surface area (Å²) in [6.07, 6.45) is 8.70. The second-order valence-corrected chi connectivity index (χ2v) is 6.79. The molecule has 146 valence electrons. The molecule has 1 atom stereocenters. The van der Waals surface area contributed by atoms with Gasteiger partial charge in [0.15, 0.2) is 6.10 Å². The maximum absolute atomic E-state index is 12.2. The molecule has 27 heavy (non-hydrogen) atoms. The van der Waals surface area contributed by atoms with Gasteiger partial charge >= 0.3 is 5.97 Å². The molecule has 1 aromatic carbocycles. The van der Waals surface area contributed by atoms with E-state index in [9.17, 15) is 14.4 Å². The zero-order chi connectivity index (χ0) is 19.5. The molecule has 1 saturated carbocycles. The van der Waals surface area contributed by atoms with E-state index in [-0.39, 0.29) is 18.5 Å². The molecule has 0 aliphatic heterocycles. The summed E-state index contributed by atoms with van der Waals surface area (Å²) in [5.74, 6) is -1.32. The van der Waals surface area contributed by atoms with Crippen LogP contribution in [0.4, 0.5) is 0 Å². The standard InChI is InChI=1S/C21H28N2O4/c1-16(21(26)23-18-11-7-2-3-8-12-18)27-20(25)15-22-19(24)14-13-17-9-5-4-6-10-17/h4-6,9-10,13-14,16,18H,2-3,7-8,11-12,15H2,1H3,(H,22,24)(H,23,26)/b14-13+/t16-/m0/s1. The number of amides is 2. The van der Waals surface area contributed by atoms with Crippen molar-refractivity contribution in [3.05, 3.63) is 42.0 Å². The van der Waals surface area contributed by atoms with Gasteiger partial charge in [-0.25, -0.2) is 0 Å². The van der Waals surface area contributed by atoms with E-state index in [1.165, 1.54) is 18.9 Å². The van der Waals surface area contributed by atoms with E-state index in [1.807, 2.05) is 30.3 Å². The average molecular weight is 372 g/mol. The van der Waals surface area contributed by atoms with Crippen molar-refractivity contribution in [3.63, 3.8) is 0 Å². The lowest BCUT2D eigenvalue weighted by Crippen LogP contribution is -2.43. The van der Waals surface area contributed by atoms with E-state index in [4.69, 9.17) is 4.74 Å². The van der Waals surface area contributed by atoms with E-state index in [0.717, 1.165) is 31.2 Å². The van der Waals surface area contributed by atoms with Gasteiger partial charge in [-0.3, -0.25) is 14.4 Å². The molecule has 1 fully saturated rings. The summed E-state index contributed by atoms with van der Waals surface area (Å²) < 4.78 is 5.11. The Labute approximate surface area is 160 Å². The fraction of sp³-hybridized carbons (Fsp3) is 0.476. The monoisotopic (exact) mass is 372 g/mol. The Balaban J connectivity index is 1.68. The number of benzene rings is 1. The largest absolute Gasteiger partial charge is 0.451 e. The van der Waals surface area contributed by atoms with Gasteiger partial charge in [0.05, 0.1) is 0 Å². The lowest BCUT2D eigenvalue weighted by Gasteiger charge is -2.19. The lowest BCUT2D eigenvalue weighted by atomic mass is 10.1. The van der Waals surface area contributed by atoms with E-state index in [0.29, 0.717) is 0 Å². The normalized spacial score (nSPS) is 16.3. The number of hydrogen-bond donors (Lipinski definition) is 2. The molecule has 1 aliphatic rings. The Morgan fingerprint density at radius 3 is 2.44 bits per heavy atom. The Kier molecular flexibility index (Phi) is 8.55. The van der Waals surface area contributed by atoms with Crippen LogP contribution < -0.4 is 10.6 Å². The SMILES string of the molecule is C[C@H](OC(=O)CNC(=O)/C=C/c1ccccc1)C(=O)NC1CCCCCC1. The van der Waals surface area contributed by atoms with Crippen molar-refractivity contribution in [2.45, 2.75) is 57.6 Å². The summed E-state index contributed by atoms with van der Waals surface area (Å²) in [6, 6.07) is 9.52. The van der Waals surface area contributed by atoms with Gasteiger partial charge in [-0.2, -0.15) is 0 Å². The van der Waals surface area contributed by atoms with E-state index < -0.39 is 18.0 Å². The molecule has 2 rings (SSSR count). The van der Waals surface area contributed by atoms with Crippen LogP contribution in [0.3, 0.4) is 0 Å². The third kappa shape index (κ3) is 8.07. The van der Waals surface area contributed by atoms with E-state index >= 15 is 0 Å². The number of carbonyl (C=O) groups is 3. The van der Waals surface area contributed by atoms with Crippen LogP contribution in [0, 0.1) is 0 Å². The molecule has 6 heteroatoms. The summed E-state index contributed by atoms with van der Waals surface area (Å²) in [5.41, 5.74) is 0.888. The fourth-order valence-electron chi connectivity index (χ4n) is 2.99. The van der Waals surface area contributed by atoms with Crippen molar-refractivity contribution in [2.24, 2.45) is 0 Å². The van der Waals surface area contributed by atoms with Crippen LogP contribution in [0.25, 0.3) is 6.08 Å². The van der Waals surface area contributed by atoms with Crippen molar-refractivity contribution in [3.8, 4) is 0 Å². The van der Waals surface area contributed by atoms with Crippen LogP contribution in [-0.4, -0.2) is 36.5 Å². The molecule has 6 nitrogen and oxygen atoms in total. The number of nitrogens with one attached hydrogen (secondary N) is 2. The first-order chi connectivity index (χ1) is 13.0. The van der Waals surface area contributed by atoms with Gasteiger partial charge in [0, 0.05) is 12.1 Å². The minimum atomic E-state index is -0.877. The summed E-state index contributed by atoms with van der Waals surface area (Å²) in [7, 11) is 0. The van der Waals surface area contributed by atoms with Crippen molar-refractivity contribution >= 4 is 23.9 Å². The highest BCUT2D eigenvalue weighted by molar-refractivity contribution is 5.94. The van der Waals surface area contributed by atoms with Crippen molar-refractivity contribution in [1.29, 1.82) is 0 Å². The van der Waals surface area contributed by atoms with Crippen molar-refractivity contribution in [1.82, 2.24) is 10.6 Å². The molecular formula is C21H28N2O4. The second kappa shape index (κ2) is 11.2. The van der Waals surface area contributed by atoms with E-state index in [1.54, 1.807) is 13.0 Å². The molecule has 2 amide bonds. The Bertz CT molecular complexity index is 649. The van der Waals surface area contributed by atoms with Crippen LogP contribution >= 0.6 is 0 Å². The number of hydrogen-bond acceptors (Lipinski definition) is 4. The third-order valence-corrected chi connectivity index (χ3v) is 4.51. The first-order valence-electron chi connectivity index (χ1n) is 9.55. The Morgan fingerprint density at radius 2 is 1.78 bits per heavy atom. The molecule has 2 N–H and O–H groups in total. The van der Waals surface area contributed by atoms with Crippen LogP contribution in [0.15, 0.2) is 36.4 Å². The quantitative estimate of drug-likeness (QED) is 0.438. The highest BCUT2D eigenvalue weighted by Gasteiger charge is 2.21. The zero-order valence-electron chi connectivity index (χ0n) is 15.8. The minimum absolute atomic E-state index is 0.156. The van der Waals surface area contributed by atoms with Gasteiger partial charge < -0.3 is 15.4 Å². The van der Waals surface area contributed by atoms with Gasteiger partial charge in [0.1, 0.15) is 6.54 Å². The number of rotatable bonds is 7. The van der Waals surface area contributed by atoms with Gasteiger partial charge in [-0.15, -0.1) is 0 Å². The maximum Gasteiger partial charge on any atom is 0.326 e. The van der Waals surface area contributed by atoms with Crippen LogP contribution in [0.5, 0.6) is 0 Å².